The first-order valence-corrected chi connectivity index (χ1v) is 29.2. The normalized spacial score (nSPS) is 26.0. The Morgan fingerprint density at radius 1 is 0.476 bits per heavy atom. The van der Waals surface area contributed by atoms with Crippen LogP contribution in [0.3, 0.4) is 0 Å². The Bertz CT molecular complexity index is 2480. The molecule has 2 saturated heterocycles. The smallest absolute Gasteiger partial charge is 0.246 e. The lowest BCUT2D eigenvalue weighted by Crippen LogP contribution is -2.62. The zero-order chi connectivity index (χ0) is 61.0. The van der Waals surface area contributed by atoms with Gasteiger partial charge >= 0.3 is 0 Å². The summed E-state index contributed by atoms with van der Waals surface area (Å²) in [7, 11) is 2.86. The minimum absolute atomic E-state index is 0.00560. The lowest BCUT2D eigenvalue weighted by molar-refractivity contribution is -0.145. The molecule has 0 aliphatic carbocycles. The van der Waals surface area contributed by atoms with Crippen molar-refractivity contribution in [1.29, 1.82) is 0 Å². The minimum atomic E-state index is -1.26. The third kappa shape index (κ3) is 19.6. The van der Waals surface area contributed by atoms with Gasteiger partial charge in [-0.05, 0) is 106 Å². The number of carbonyl (C=O) groups excluding carboxylic acids is 10. The zero-order valence-electron chi connectivity index (χ0n) is 50.1. The van der Waals surface area contributed by atoms with Crippen LogP contribution in [0.1, 0.15) is 125 Å². The van der Waals surface area contributed by atoms with Crippen molar-refractivity contribution in [3.63, 3.8) is 0 Å². The Labute approximate surface area is 484 Å². The van der Waals surface area contributed by atoms with Gasteiger partial charge in [0.2, 0.25) is 59.1 Å². The topological polar surface area (TPSA) is 317 Å². The van der Waals surface area contributed by atoms with Gasteiger partial charge in [0.1, 0.15) is 60.4 Å². The maximum Gasteiger partial charge on any atom is 0.246 e. The van der Waals surface area contributed by atoms with E-state index in [-0.39, 0.29) is 76.4 Å². The first-order chi connectivity index (χ1) is 38.8. The highest BCUT2D eigenvalue weighted by atomic mass is 16.2. The molecule has 2 aromatic rings. The monoisotopic (exact) mass is 1140 g/mol. The quantitative estimate of drug-likeness (QED) is 0.115. The summed E-state index contributed by atoms with van der Waals surface area (Å²) in [5.74, 6) is -7.94. The number of hydrogen-bond donors (Lipinski definition) is 9. The van der Waals surface area contributed by atoms with Crippen LogP contribution >= 0.6 is 0 Å². The van der Waals surface area contributed by atoms with Crippen molar-refractivity contribution >= 4 is 59.1 Å². The number of likely N-dealkylation sites (N-methyl/N-ethyl adjacent to an activating group) is 2. The largest absolute Gasteiger partial charge is 0.343 e. The van der Waals surface area contributed by atoms with Gasteiger partial charge in [-0.25, -0.2) is 0 Å². The highest BCUT2D eigenvalue weighted by Crippen LogP contribution is 2.23. The van der Waals surface area contributed by atoms with Gasteiger partial charge in [-0.3, -0.25) is 47.9 Å². The summed E-state index contributed by atoms with van der Waals surface area (Å²) in [5, 5.41) is 19.9. The van der Waals surface area contributed by atoms with Crippen molar-refractivity contribution < 1.29 is 47.9 Å². The first kappa shape index (κ1) is 67.6. The van der Waals surface area contributed by atoms with Gasteiger partial charge < -0.3 is 63.4 Å². The number of benzene rings is 2. The number of rotatable bonds is 16. The van der Waals surface area contributed by atoms with Gasteiger partial charge in [-0.15, -0.1) is 0 Å². The number of amides is 10. The van der Waals surface area contributed by atoms with E-state index >= 15 is 0 Å². The number of nitrogens with zero attached hydrogens (tertiary/aromatic N) is 3. The molecule has 0 radical (unpaired) electrons. The molecule has 2 fully saturated rings. The Hall–Kier alpha value is -6.94. The molecule has 11 N–H and O–H groups in total. The predicted octanol–water partition coefficient (Wildman–Crippen LogP) is 1.43. The van der Waals surface area contributed by atoms with Gasteiger partial charge in [0.15, 0.2) is 0 Å². The standard InChI is InChI=1S/C60H94N12O10/c1-35(2)31-44-53(75)66-45(33-40-21-14-12-15-22-40)59(81)70(10)39(9)51(73)68-49(37(5)6)57(79)64-43(26-19-29-62)58(80)71(11)48(32-36(3)4)55(77)67-46(34-41-23-16-13-17-24-41)60(82)72-30-20-27-47(72)54(76)69-50(38(7)8)56(78)63-42(25-18-28-61)52(74)65-44/h12-17,21-24,35-39,42-50H,18-20,25-34,61-62H2,1-11H3,(H,63,78)(H,64,79)(H,65,74)(H,66,75)(H,67,77)(H,68,73)(H,69,76)/t39-,42-,43-,44-,45+,46+,47-,48-,49-,50-/m0/s1. The average molecular weight is 1140 g/mol. The molecule has 2 heterocycles. The maximum absolute atomic E-state index is 15.0. The van der Waals surface area contributed by atoms with E-state index in [1.54, 1.807) is 70.2 Å². The molecular formula is C60H94N12O10. The highest BCUT2D eigenvalue weighted by molar-refractivity contribution is 6.00. The fraction of sp³-hybridized carbons (Fsp3) is 0.633. The number of nitrogens with two attached hydrogens (primary N) is 2. The SMILES string of the molecule is CC(C)C[C@@H]1NC(=O)[C@H](CCCN)NC(=O)[C@H](C(C)C)NC(=O)[C@@H]2CCCN2C(=O)[C@@H](Cc2ccccc2)NC(=O)[C@H](CC(C)C)N(C)C(=O)[C@H](CCCN)NC(=O)[C@H](C(C)C)NC(=O)[C@H](C)N(C)C(=O)[C@@H](Cc2ccccc2)NC1=O. The molecule has 0 unspecified atom stereocenters. The summed E-state index contributed by atoms with van der Waals surface area (Å²) in [6.07, 6.45) is 1.72. The van der Waals surface area contributed by atoms with Crippen LogP contribution in [-0.4, -0.2) is 168 Å². The lowest BCUT2D eigenvalue weighted by atomic mass is 9.98. The van der Waals surface area contributed by atoms with Crippen LogP contribution < -0.4 is 48.7 Å². The van der Waals surface area contributed by atoms with Crippen molar-refractivity contribution in [2.75, 3.05) is 33.7 Å². The summed E-state index contributed by atoms with van der Waals surface area (Å²) in [4.78, 5) is 150. The van der Waals surface area contributed by atoms with E-state index in [0.29, 0.717) is 30.4 Å². The van der Waals surface area contributed by atoms with Crippen LogP contribution in [-0.2, 0) is 60.8 Å². The van der Waals surface area contributed by atoms with E-state index in [2.05, 4.69) is 37.2 Å². The second-order valence-corrected chi connectivity index (χ2v) is 23.5. The van der Waals surface area contributed by atoms with E-state index in [4.69, 9.17) is 11.5 Å². The molecule has 10 atom stereocenters. The highest BCUT2D eigenvalue weighted by Gasteiger charge is 2.43. The summed E-state index contributed by atoms with van der Waals surface area (Å²) < 4.78 is 0. The Kier molecular flexibility index (Phi) is 26.9. The second-order valence-electron chi connectivity index (χ2n) is 23.5. The third-order valence-electron chi connectivity index (χ3n) is 15.2. The van der Waals surface area contributed by atoms with Gasteiger partial charge in [-0.2, -0.15) is 0 Å². The molecule has 82 heavy (non-hydrogen) atoms. The minimum Gasteiger partial charge on any atom is -0.343 e. The molecular weight excluding hydrogens is 1050 g/mol. The second kappa shape index (κ2) is 32.6. The number of nitrogens with one attached hydrogen (secondary N) is 7. The summed E-state index contributed by atoms with van der Waals surface area (Å²) in [6, 6.07) is 5.99. The number of hydrogen-bond acceptors (Lipinski definition) is 12. The van der Waals surface area contributed by atoms with Crippen LogP contribution in [0.5, 0.6) is 0 Å². The van der Waals surface area contributed by atoms with Crippen LogP contribution in [0, 0.1) is 23.7 Å². The molecule has 22 heteroatoms. The van der Waals surface area contributed by atoms with Crippen molar-refractivity contribution in [3.8, 4) is 0 Å². The lowest BCUT2D eigenvalue weighted by Gasteiger charge is -2.35. The van der Waals surface area contributed by atoms with Crippen LogP contribution in [0.25, 0.3) is 0 Å². The fourth-order valence-electron chi connectivity index (χ4n) is 10.3. The molecule has 454 valence electrons. The number of carbonyl (C=O) groups is 10. The molecule has 10 amide bonds. The van der Waals surface area contributed by atoms with Crippen LogP contribution in [0.4, 0.5) is 0 Å². The molecule has 0 bridgehead atoms. The maximum atomic E-state index is 15.0. The van der Waals surface area contributed by atoms with Gasteiger partial charge in [-0.1, -0.05) is 116 Å². The molecule has 0 spiro atoms. The average Bonchev–Trinajstić information content (AvgIpc) is 4.08. The predicted molar refractivity (Wildman–Crippen MR) is 312 cm³/mol. The molecule has 2 aliphatic heterocycles. The van der Waals surface area contributed by atoms with Crippen LogP contribution in [0.2, 0.25) is 0 Å². The Morgan fingerprint density at radius 3 is 1.40 bits per heavy atom. The van der Waals surface area contributed by atoms with E-state index in [1.165, 1.54) is 35.7 Å². The van der Waals surface area contributed by atoms with Crippen LogP contribution in [0.15, 0.2) is 60.7 Å². The summed E-state index contributed by atoms with van der Waals surface area (Å²) in [5.41, 5.74) is 13.3. The summed E-state index contributed by atoms with van der Waals surface area (Å²) >= 11 is 0. The molecule has 0 aromatic heterocycles. The fourth-order valence-corrected chi connectivity index (χ4v) is 10.3. The van der Waals surface area contributed by atoms with Gasteiger partial charge in [0, 0.05) is 33.5 Å². The molecule has 2 aromatic carbocycles. The first-order valence-electron chi connectivity index (χ1n) is 29.2. The summed E-state index contributed by atoms with van der Waals surface area (Å²) in [6.45, 7) is 16.3. The van der Waals surface area contributed by atoms with Gasteiger partial charge in [0.05, 0.1) is 0 Å². The van der Waals surface area contributed by atoms with Gasteiger partial charge in [0.25, 0.3) is 0 Å². The van der Waals surface area contributed by atoms with E-state index in [1.807, 2.05) is 45.9 Å². The van der Waals surface area contributed by atoms with Crippen molar-refractivity contribution in [2.45, 2.75) is 187 Å². The number of fused-ring (bicyclic) bond motifs is 1. The Morgan fingerprint density at radius 2 is 0.902 bits per heavy atom. The van der Waals surface area contributed by atoms with Crippen molar-refractivity contribution in [2.24, 2.45) is 35.1 Å². The molecule has 4 rings (SSSR count). The Balaban J connectivity index is 1.86. The molecule has 22 nitrogen and oxygen atoms in total. The molecule has 0 saturated carbocycles. The molecule has 2 aliphatic rings. The van der Waals surface area contributed by atoms with Crippen molar-refractivity contribution in [1.82, 2.24) is 51.9 Å². The van der Waals surface area contributed by atoms with E-state index < -0.39 is 131 Å². The van der Waals surface area contributed by atoms with Crippen molar-refractivity contribution in [3.05, 3.63) is 71.8 Å². The third-order valence-corrected chi connectivity index (χ3v) is 15.2. The zero-order valence-corrected chi connectivity index (χ0v) is 50.1. The van der Waals surface area contributed by atoms with E-state index in [9.17, 15) is 47.9 Å². The van der Waals surface area contributed by atoms with E-state index in [0.717, 1.165) is 0 Å².